The van der Waals surface area contributed by atoms with Crippen LogP contribution in [0.2, 0.25) is 10.0 Å². The highest BCUT2D eigenvalue weighted by Crippen LogP contribution is 2.35. The Morgan fingerprint density at radius 3 is 1.41 bits per heavy atom. The van der Waals surface area contributed by atoms with Crippen molar-refractivity contribution in [2.24, 2.45) is 0 Å². The molecule has 6 aromatic heterocycles. The first-order chi connectivity index (χ1) is 51.9. The van der Waals surface area contributed by atoms with Crippen LogP contribution in [-0.2, 0) is 54.7 Å². The number of terminal acetylenes is 1. The highest BCUT2D eigenvalue weighted by molar-refractivity contribution is 14.0. The molecule has 568 valence electrons. The standard InChI is InChI=1S/C39H39ClN8O5.C27H19BrClN7O2.C12H21NO3.CH4.HI/c1-52-20-18-46(19-21-53-2)33(50)17-5-3-4-10-26-12-9-16-31-34(26)39(51)47(23-28-11-6-7-15-30(28)40)32(44-31)24-48-38-35(37(41)42-25-43-38)36(45-48)27-13-8-14-29(49)22-27;28-18-8-4-10-20-22(18)27(38)35(12-16-5-1-2-9-19(16)29)21(33-20)13-36-26-23(25(30)31-14-32-26)24(34-36)15-6-3-7-17(37)11-15;1-4-5-6-7-12(14)13(8-10-15-2)9-11-16-3;;/h6-9,11-16,22,25,49H,3,5,17-21,23-24H2,1-2H3,(H2,41,42,43);1-11,14,37H,12-13H2,(H2,30,31,32);1H,5-11H2,2-3H3;1H4;1H. The number of phenols is 2. The van der Waals surface area contributed by atoms with Gasteiger partial charge in [0.05, 0.1) is 72.1 Å². The van der Waals surface area contributed by atoms with Gasteiger partial charge in [0.15, 0.2) is 11.3 Å². The van der Waals surface area contributed by atoms with Crippen molar-refractivity contribution in [1.82, 2.24) is 68.4 Å². The summed E-state index contributed by atoms with van der Waals surface area (Å²) in [7, 11) is 6.45. The fraction of sp³-hybridized carbons (Fsp3) is 0.291. The monoisotopic (exact) mass is 1690 g/mol. The lowest BCUT2D eigenvalue weighted by molar-refractivity contribution is -0.133. The van der Waals surface area contributed by atoms with Gasteiger partial charge < -0.3 is 50.4 Å². The minimum atomic E-state index is -0.296. The number of methoxy groups -OCH3 is 4. The van der Waals surface area contributed by atoms with Gasteiger partial charge in [-0.2, -0.15) is 10.2 Å². The van der Waals surface area contributed by atoms with Gasteiger partial charge in [-0.05, 0) is 101 Å². The minimum absolute atomic E-state index is 0. The summed E-state index contributed by atoms with van der Waals surface area (Å²) in [5, 5.41) is 32.8. The van der Waals surface area contributed by atoms with Gasteiger partial charge in [0.2, 0.25) is 11.8 Å². The molecule has 6 N–H and O–H groups in total. The number of fused-ring (bicyclic) bond motifs is 4. The molecular formula is C79H84BrCl2IN16O10. The predicted octanol–water partition coefficient (Wildman–Crippen LogP) is 12.1. The van der Waals surface area contributed by atoms with Gasteiger partial charge in [-0.1, -0.05) is 115 Å². The van der Waals surface area contributed by atoms with E-state index in [9.17, 15) is 29.4 Å². The van der Waals surface area contributed by atoms with E-state index in [0.29, 0.717) is 183 Å². The first-order valence-corrected chi connectivity index (χ1v) is 35.6. The largest absolute Gasteiger partial charge is 0.508 e. The van der Waals surface area contributed by atoms with Crippen LogP contribution < -0.4 is 22.6 Å². The van der Waals surface area contributed by atoms with Crippen LogP contribution in [-0.4, -0.2) is 171 Å². The van der Waals surface area contributed by atoms with Crippen molar-refractivity contribution in [2.45, 2.75) is 72.1 Å². The van der Waals surface area contributed by atoms with E-state index in [1.165, 1.54) is 12.7 Å². The molecule has 0 bridgehead atoms. The lowest BCUT2D eigenvalue weighted by atomic mass is 10.1. The number of nitrogen functional groups attached to an aromatic ring is 2. The van der Waals surface area contributed by atoms with E-state index in [4.69, 9.17) is 80.2 Å². The van der Waals surface area contributed by atoms with Gasteiger partial charge in [0.1, 0.15) is 71.9 Å². The third-order valence-electron chi connectivity index (χ3n) is 17.2. The number of rotatable bonds is 28. The zero-order valence-electron chi connectivity index (χ0n) is 59.8. The SMILES string of the molecule is C.C#CCCCC(=O)N(CCOC)CCOC.COCCN(CCOC)C(=O)CCCC#Cc1cccc2nc(Cn3nc(-c4cccc(O)c4)c4c(N)ncnc43)n(Cc3ccccc3Cl)c(=O)c12.I.Nc1ncnc2c1c(-c1cccc(O)c1)nn2Cc1nc2cccc(Br)c2c(=O)n1Cc1ccccc1Cl. The summed E-state index contributed by atoms with van der Waals surface area (Å²) < 4.78 is 27.3. The smallest absolute Gasteiger partial charge is 0.263 e. The summed E-state index contributed by atoms with van der Waals surface area (Å²) in [4.78, 5) is 83.5. The van der Waals surface area contributed by atoms with E-state index < -0.39 is 0 Å². The Labute approximate surface area is 665 Å². The number of carbonyl (C=O) groups excluding carboxylic acids is 2. The van der Waals surface area contributed by atoms with Gasteiger partial charge in [-0.15, -0.1) is 36.3 Å². The molecule has 30 heteroatoms. The lowest BCUT2D eigenvalue weighted by Gasteiger charge is -2.21. The number of benzene rings is 6. The van der Waals surface area contributed by atoms with Crippen molar-refractivity contribution in [1.29, 1.82) is 0 Å². The van der Waals surface area contributed by atoms with Crippen molar-refractivity contribution in [3.05, 3.63) is 210 Å². The van der Waals surface area contributed by atoms with E-state index >= 15 is 0 Å². The summed E-state index contributed by atoms with van der Waals surface area (Å²) in [6.45, 7) is 4.71. The molecule has 0 atom stereocenters. The number of nitrogens with two attached hydrogens (primary N) is 2. The number of anilines is 2. The average molecular weight is 1700 g/mol. The Hall–Kier alpha value is -10.4. The number of aromatic hydroxyl groups is 2. The van der Waals surface area contributed by atoms with Crippen LogP contribution in [0.3, 0.4) is 0 Å². The Kier molecular flexibility index (Phi) is 31.9. The van der Waals surface area contributed by atoms with Crippen LogP contribution in [0.15, 0.2) is 160 Å². The van der Waals surface area contributed by atoms with Crippen LogP contribution in [0, 0.1) is 24.2 Å². The molecule has 0 spiro atoms. The van der Waals surface area contributed by atoms with Crippen LogP contribution in [0.25, 0.3) is 66.4 Å². The molecular weight excluding hydrogens is 1610 g/mol. The molecule has 6 aromatic carbocycles. The first kappa shape index (κ1) is 84.2. The summed E-state index contributed by atoms with van der Waals surface area (Å²) in [5.41, 5.74) is 18.3. The fourth-order valence-corrected chi connectivity index (χ4v) is 12.7. The number of unbranched alkanes of at least 4 members (excludes halogenated alkanes) is 2. The van der Waals surface area contributed by atoms with E-state index in [0.717, 1.165) is 17.5 Å². The van der Waals surface area contributed by atoms with Gasteiger partial charge in [0.25, 0.3) is 11.1 Å². The second kappa shape index (κ2) is 41.2. The minimum Gasteiger partial charge on any atom is -0.508 e. The number of amides is 2. The lowest BCUT2D eigenvalue weighted by Crippen LogP contribution is -2.36. The number of nitrogens with zero attached hydrogens (tertiary/aromatic N) is 14. The van der Waals surface area contributed by atoms with Gasteiger partial charge in [-0.3, -0.25) is 28.3 Å². The zero-order valence-corrected chi connectivity index (χ0v) is 65.2. The molecule has 0 aliphatic carbocycles. The topological polar surface area (TPSA) is 327 Å². The molecule has 0 unspecified atom stereocenters. The van der Waals surface area contributed by atoms with Crippen molar-refractivity contribution in [3.8, 4) is 58.2 Å². The van der Waals surface area contributed by atoms with Crippen LogP contribution in [0.4, 0.5) is 11.6 Å². The van der Waals surface area contributed by atoms with Gasteiger partial charge >= 0.3 is 0 Å². The van der Waals surface area contributed by atoms with Crippen LogP contribution >= 0.6 is 63.1 Å². The number of aromatic nitrogens is 12. The number of ether oxygens (including phenoxy) is 4. The van der Waals surface area contributed by atoms with Crippen LogP contribution in [0.1, 0.15) is 74.3 Å². The molecule has 0 aliphatic heterocycles. The quantitative estimate of drug-likeness (QED) is 0.0201. The summed E-state index contributed by atoms with van der Waals surface area (Å²) >= 11 is 16.5. The fourth-order valence-electron chi connectivity index (χ4n) is 11.8. The molecule has 0 radical (unpaired) electrons. The molecule has 2 amide bonds. The van der Waals surface area contributed by atoms with Crippen molar-refractivity contribution >= 4 is 130 Å². The maximum absolute atomic E-state index is 14.5. The number of hydrogen-bond acceptors (Lipinski definition) is 20. The Morgan fingerprint density at radius 2 is 0.972 bits per heavy atom. The summed E-state index contributed by atoms with van der Waals surface area (Å²) in [6.07, 6.45) is 11.1. The van der Waals surface area contributed by atoms with Gasteiger partial charge in [0, 0.05) is 112 Å². The van der Waals surface area contributed by atoms with Gasteiger partial charge in [-0.25, -0.2) is 39.3 Å². The summed E-state index contributed by atoms with van der Waals surface area (Å²) in [5.74, 6) is 10.5. The third-order valence-corrected chi connectivity index (χ3v) is 18.6. The number of phenolic OH excluding ortho intramolecular Hbond substituents is 2. The molecule has 12 rings (SSSR count). The molecule has 0 saturated heterocycles. The first-order valence-electron chi connectivity index (χ1n) is 34.1. The molecule has 6 heterocycles. The Bertz CT molecular complexity index is 5380. The van der Waals surface area contributed by atoms with E-state index in [1.807, 2.05) is 60.7 Å². The molecule has 12 aromatic rings. The second-order valence-electron chi connectivity index (χ2n) is 24.3. The molecule has 0 fully saturated rings. The highest BCUT2D eigenvalue weighted by atomic mass is 127. The Morgan fingerprint density at radius 1 is 0.550 bits per heavy atom. The molecule has 0 aliphatic rings. The third kappa shape index (κ3) is 21.3. The number of carbonyl (C=O) groups is 2. The van der Waals surface area contributed by atoms with Crippen molar-refractivity contribution < 1.29 is 38.7 Å². The van der Waals surface area contributed by atoms with E-state index in [2.05, 4.69) is 53.6 Å². The predicted molar refractivity (Wildman–Crippen MR) is 439 cm³/mol. The van der Waals surface area contributed by atoms with E-state index in [-0.39, 0.29) is 104 Å². The van der Waals surface area contributed by atoms with Crippen molar-refractivity contribution in [2.75, 3.05) is 92.5 Å². The zero-order chi connectivity index (χ0) is 75.9. The van der Waals surface area contributed by atoms with Crippen LogP contribution in [0.5, 0.6) is 11.5 Å². The molecule has 26 nitrogen and oxygen atoms in total. The van der Waals surface area contributed by atoms with E-state index in [1.54, 1.807) is 130 Å². The average Bonchev–Trinajstić information content (AvgIpc) is 1.73. The maximum atomic E-state index is 14.5. The normalized spacial score (nSPS) is 10.8. The number of hydrogen-bond donors (Lipinski definition) is 4. The summed E-state index contributed by atoms with van der Waals surface area (Å²) in [6, 6.07) is 38.9. The van der Waals surface area contributed by atoms with Crippen molar-refractivity contribution in [3.63, 3.8) is 0 Å². The molecule has 0 saturated carbocycles. The highest BCUT2D eigenvalue weighted by Gasteiger charge is 2.25. The molecule has 109 heavy (non-hydrogen) atoms. The number of halogens is 4. The second-order valence-corrected chi connectivity index (χ2v) is 26.0. The maximum Gasteiger partial charge on any atom is 0.263 e. The Balaban J connectivity index is 0.000000232.